The zero-order chi connectivity index (χ0) is 9.84. The summed E-state index contributed by atoms with van der Waals surface area (Å²) in [5.74, 6) is -1.73. The zero-order valence-corrected chi connectivity index (χ0v) is 7.97. The van der Waals surface area contributed by atoms with E-state index in [-0.39, 0.29) is 0 Å². The Balaban J connectivity index is 2.60. The monoisotopic (exact) mass is 200 g/mol. The van der Waals surface area contributed by atoms with Gasteiger partial charge in [0.2, 0.25) is 0 Å². The predicted molar refractivity (Wildman–Crippen MR) is 47.5 cm³/mol. The number of hydrogen-bond donors (Lipinski definition) is 1. The molecule has 0 radical (unpaired) electrons. The first-order chi connectivity index (χ1) is 6.13. The van der Waals surface area contributed by atoms with Crippen LogP contribution in [0.4, 0.5) is 5.13 Å². The van der Waals surface area contributed by atoms with Crippen LogP contribution in [0.1, 0.15) is 4.88 Å². The summed E-state index contributed by atoms with van der Waals surface area (Å²) in [6.45, 7) is 1.85. The molecule has 0 aromatic carbocycles. The molecular weight excluding hydrogens is 192 g/mol. The summed E-state index contributed by atoms with van der Waals surface area (Å²) in [5.41, 5.74) is 0. The van der Waals surface area contributed by atoms with Gasteiger partial charge in [-0.2, -0.15) is 0 Å². The maximum Gasteiger partial charge on any atom is 0.396 e. The van der Waals surface area contributed by atoms with Gasteiger partial charge in [0.15, 0.2) is 5.13 Å². The fourth-order valence-electron chi connectivity index (χ4n) is 0.653. The van der Waals surface area contributed by atoms with Crippen LogP contribution in [-0.2, 0) is 14.3 Å². The summed E-state index contributed by atoms with van der Waals surface area (Å²) < 4.78 is 4.22. The third kappa shape index (κ3) is 2.51. The molecule has 70 valence electrons. The van der Waals surface area contributed by atoms with Crippen LogP contribution in [0.2, 0.25) is 0 Å². The highest BCUT2D eigenvalue weighted by molar-refractivity contribution is 7.15. The molecule has 6 heteroatoms. The standard InChI is InChI=1S/C7H8N2O3S/c1-4-3-8-7(13-4)9-5(10)6(11)12-2/h3H,1-2H3,(H,8,9,10). The number of nitrogens with one attached hydrogen (secondary N) is 1. The number of thiazole rings is 1. The van der Waals surface area contributed by atoms with Gasteiger partial charge in [-0.15, -0.1) is 11.3 Å². The van der Waals surface area contributed by atoms with E-state index in [1.807, 2.05) is 6.92 Å². The van der Waals surface area contributed by atoms with Crippen LogP contribution in [0.25, 0.3) is 0 Å². The minimum Gasteiger partial charge on any atom is -0.462 e. The molecule has 0 spiro atoms. The number of ether oxygens (including phenoxy) is 1. The van der Waals surface area contributed by atoms with E-state index < -0.39 is 11.9 Å². The Labute approximate surface area is 78.7 Å². The highest BCUT2D eigenvalue weighted by Gasteiger charge is 2.14. The molecule has 1 aromatic heterocycles. The normalized spacial score (nSPS) is 9.38. The number of anilines is 1. The second kappa shape index (κ2) is 3.99. The fraction of sp³-hybridized carbons (Fsp3) is 0.286. The van der Waals surface area contributed by atoms with E-state index in [1.54, 1.807) is 6.20 Å². The van der Waals surface area contributed by atoms with Gasteiger partial charge in [0.1, 0.15) is 0 Å². The molecule has 0 aliphatic carbocycles. The molecule has 13 heavy (non-hydrogen) atoms. The summed E-state index contributed by atoms with van der Waals surface area (Å²) in [6, 6.07) is 0. The molecule has 0 saturated carbocycles. The second-order valence-corrected chi connectivity index (χ2v) is 3.46. The van der Waals surface area contributed by atoms with Gasteiger partial charge in [0.25, 0.3) is 0 Å². The van der Waals surface area contributed by atoms with Crippen LogP contribution in [0.15, 0.2) is 6.20 Å². The number of hydrogen-bond acceptors (Lipinski definition) is 5. The SMILES string of the molecule is COC(=O)C(=O)Nc1ncc(C)s1. The smallest absolute Gasteiger partial charge is 0.396 e. The van der Waals surface area contributed by atoms with Crippen molar-refractivity contribution in [2.24, 2.45) is 0 Å². The Hall–Kier alpha value is -1.43. The maximum atomic E-state index is 10.9. The van der Waals surface area contributed by atoms with Gasteiger partial charge < -0.3 is 4.74 Å². The average molecular weight is 200 g/mol. The maximum absolute atomic E-state index is 10.9. The largest absolute Gasteiger partial charge is 0.462 e. The van der Waals surface area contributed by atoms with E-state index >= 15 is 0 Å². The molecule has 0 unspecified atom stereocenters. The number of rotatable bonds is 1. The number of aryl methyl sites for hydroxylation is 1. The third-order valence-electron chi connectivity index (χ3n) is 1.21. The van der Waals surface area contributed by atoms with Crippen molar-refractivity contribution in [1.82, 2.24) is 4.98 Å². The molecule has 0 atom stereocenters. The van der Waals surface area contributed by atoms with Crippen molar-refractivity contribution in [2.75, 3.05) is 12.4 Å². The van der Waals surface area contributed by atoms with Gasteiger partial charge in [-0.1, -0.05) is 0 Å². The number of amides is 1. The van der Waals surface area contributed by atoms with E-state index in [2.05, 4.69) is 15.0 Å². The third-order valence-corrected chi connectivity index (χ3v) is 2.04. The lowest BCUT2D eigenvalue weighted by molar-refractivity contribution is -0.150. The van der Waals surface area contributed by atoms with Crippen molar-refractivity contribution in [3.63, 3.8) is 0 Å². The molecule has 1 heterocycles. The Morgan fingerprint density at radius 3 is 2.77 bits per heavy atom. The number of nitrogens with zero attached hydrogens (tertiary/aromatic N) is 1. The average Bonchev–Trinajstić information content (AvgIpc) is 2.49. The van der Waals surface area contributed by atoms with Crippen molar-refractivity contribution in [3.05, 3.63) is 11.1 Å². The predicted octanol–water partition coefficient (Wildman–Crippen LogP) is 0.563. The van der Waals surface area contributed by atoms with E-state index in [1.165, 1.54) is 11.3 Å². The minimum absolute atomic E-state index is 0.396. The Morgan fingerprint density at radius 1 is 1.62 bits per heavy atom. The van der Waals surface area contributed by atoms with Crippen molar-refractivity contribution in [2.45, 2.75) is 6.92 Å². The topological polar surface area (TPSA) is 68.3 Å². The lowest BCUT2D eigenvalue weighted by Crippen LogP contribution is -2.23. The van der Waals surface area contributed by atoms with Gasteiger partial charge in [-0.25, -0.2) is 9.78 Å². The van der Waals surface area contributed by atoms with Crippen molar-refractivity contribution >= 4 is 28.3 Å². The van der Waals surface area contributed by atoms with Gasteiger partial charge in [0, 0.05) is 11.1 Å². The first-order valence-electron chi connectivity index (χ1n) is 3.45. The van der Waals surface area contributed by atoms with E-state index in [0.717, 1.165) is 12.0 Å². The van der Waals surface area contributed by atoms with Crippen molar-refractivity contribution in [1.29, 1.82) is 0 Å². The summed E-state index contributed by atoms with van der Waals surface area (Å²) in [6.07, 6.45) is 1.61. The van der Waals surface area contributed by atoms with E-state index in [0.29, 0.717) is 5.13 Å². The molecule has 5 nitrogen and oxygen atoms in total. The molecular formula is C7H8N2O3S. The molecule has 0 saturated heterocycles. The minimum atomic E-state index is -0.923. The summed E-state index contributed by atoms with van der Waals surface area (Å²) in [5, 5.41) is 2.70. The lowest BCUT2D eigenvalue weighted by atomic mass is 10.6. The quantitative estimate of drug-likeness (QED) is 0.531. The highest BCUT2D eigenvalue weighted by Crippen LogP contribution is 2.16. The Bertz CT molecular complexity index is 334. The second-order valence-electron chi connectivity index (χ2n) is 2.22. The number of methoxy groups -OCH3 is 1. The van der Waals surface area contributed by atoms with E-state index in [4.69, 9.17) is 0 Å². The number of aromatic nitrogens is 1. The van der Waals surface area contributed by atoms with Crippen LogP contribution < -0.4 is 5.32 Å². The molecule has 0 aliphatic rings. The zero-order valence-electron chi connectivity index (χ0n) is 7.16. The molecule has 1 N–H and O–H groups in total. The molecule has 1 rings (SSSR count). The fourth-order valence-corrected chi connectivity index (χ4v) is 1.31. The van der Waals surface area contributed by atoms with Crippen molar-refractivity contribution < 1.29 is 14.3 Å². The number of carbonyl (C=O) groups excluding carboxylic acids is 2. The van der Waals surface area contributed by atoms with Crippen molar-refractivity contribution in [3.8, 4) is 0 Å². The summed E-state index contributed by atoms with van der Waals surface area (Å²) in [4.78, 5) is 26.4. The van der Waals surface area contributed by atoms with E-state index in [9.17, 15) is 9.59 Å². The van der Waals surface area contributed by atoms with Gasteiger partial charge >= 0.3 is 11.9 Å². The first-order valence-corrected chi connectivity index (χ1v) is 4.27. The number of esters is 1. The summed E-state index contributed by atoms with van der Waals surface area (Å²) >= 11 is 1.29. The Morgan fingerprint density at radius 2 is 2.31 bits per heavy atom. The summed E-state index contributed by atoms with van der Waals surface area (Å²) in [7, 11) is 1.15. The molecule has 1 amide bonds. The van der Waals surface area contributed by atoms with Crippen LogP contribution in [0.5, 0.6) is 0 Å². The van der Waals surface area contributed by atoms with Crippen LogP contribution in [0, 0.1) is 6.92 Å². The van der Waals surface area contributed by atoms with Crippen LogP contribution in [0.3, 0.4) is 0 Å². The molecule has 0 fully saturated rings. The Kier molecular flexibility index (Phi) is 2.97. The number of carbonyl (C=O) groups is 2. The lowest BCUT2D eigenvalue weighted by Gasteiger charge is -1.97. The first kappa shape index (κ1) is 9.66. The molecule has 0 bridgehead atoms. The van der Waals surface area contributed by atoms with Crippen LogP contribution in [-0.4, -0.2) is 24.0 Å². The van der Waals surface area contributed by atoms with Gasteiger partial charge in [-0.05, 0) is 6.92 Å². The molecule has 1 aromatic rings. The highest BCUT2D eigenvalue weighted by atomic mass is 32.1. The molecule has 0 aliphatic heterocycles. The van der Waals surface area contributed by atoms with Gasteiger partial charge in [0.05, 0.1) is 7.11 Å². The van der Waals surface area contributed by atoms with Gasteiger partial charge in [-0.3, -0.25) is 10.1 Å². The van der Waals surface area contributed by atoms with Crippen LogP contribution >= 0.6 is 11.3 Å².